The van der Waals surface area contributed by atoms with Crippen LogP contribution >= 0.6 is 0 Å². The number of hydrogen-bond donors (Lipinski definition) is 0. The maximum Gasteiger partial charge on any atom is 0.160 e. The maximum absolute atomic E-state index is 5.11. The van der Waals surface area contributed by atoms with E-state index in [1.807, 2.05) is 12.1 Å². The van der Waals surface area contributed by atoms with Gasteiger partial charge in [-0.05, 0) is 51.4 Å². The Labute approximate surface area is 294 Å². The topological polar surface area (TPSA) is 25.8 Å². The van der Waals surface area contributed by atoms with Crippen LogP contribution in [0.4, 0.5) is 0 Å². The monoisotopic (exact) mass is 640 g/mol. The highest BCUT2D eigenvalue weighted by molar-refractivity contribution is 5.87. The number of hydrogen-bond acceptors (Lipinski definition) is 2. The quantitative estimate of drug-likeness (QED) is 0.187. The highest BCUT2D eigenvalue weighted by atomic mass is 14.9. The predicted octanol–water partition coefficient (Wildman–Crippen LogP) is 12.0. The van der Waals surface area contributed by atoms with E-state index in [1.165, 1.54) is 27.8 Å². The molecule has 0 spiro atoms. The Morgan fingerprint density at radius 3 is 1.62 bits per heavy atom. The van der Waals surface area contributed by atoms with Crippen LogP contribution in [-0.4, -0.2) is 9.97 Å². The molecule has 1 aromatic heterocycles. The highest BCUT2D eigenvalue weighted by Crippen LogP contribution is 2.48. The van der Waals surface area contributed by atoms with Crippen LogP contribution in [0.25, 0.3) is 50.6 Å². The smallest absolute Gasteiger partial charge is 0.160 e. The third-order valence-electron chi connectivity index (χ3n) is 9.69. The fourth-order valence-electron chi connectivity index (χ4n) is 7.21. The van der Waals surface area contributed by atoms with Crippen molar-refractivity contribution in [1.82, 2.24) is 9.97 Å². The number of aromatic nitrogens is 2. The summed E-state index contributed by atoms with van der Waals surface area (Å²) in [5, 5.41) is 0. The second kappa shape index (κ2) is 13.6. The van der Waals surface area contributed by atoms with Crippen LogP contribution < -0.4 is 0 Å². The van der Waals surface area contributed by atoms with Gasteiger partial charge in [0.2, 0.25) is 0 Å². The van der Waals surface area contributed by atoms with Gasteiger partial charge in [-0.25, -0.2) is 9.97 Å². The van der Waals surface area contributed by atoms with Crippen LogP contribution in [0.2, 0.25) is 0 Å². The molecule has 0 N–H and O–H groups in total. The standard InChI is InChI=1S/C48H36N2/c1-35-18-6-5-17-33-48(39-23-11-4-12-24-39,44-28-16-15-27-43(44)42-26-14-13-25-41(35)42)40-31-29-38(30-32-40)47-49-45(36-19-7-2-8-20-36)34-46(50-47)37-21-9-3-10-22-37/h2-32,34H,1,33H2/b17-5-,18-6-. The molecular weight excluding hydrogens is 605 g/mol. The lowest BCUT2D eigenvalue weighted by molar-refractivity contribution is 0.629. The lowest BCUT2D eigenvalue weighted by Crippen LogP contribution is -2.29. The zero-order chi connectivity index (χ0) is 33.8. The fourth-order valence-corrected chi connectivity index (χ4v) is 7.21. The number of rotatable bonds is 5. The molecule has 0 bridgehead atoms. The van der Waals surface area contributed by atoms with Gasteiger partial charge >= 0.3 is 0 Å². The van der Waals surface area contributed by atoms with Gasteiger partial charge in [0.1, 0.15) is 0 Å². The van der Waals surface area contributed by atoms with Gasteiger partial charge in [0.15, 0.2) is 5.82 Å². The van der Waals surface area contributed by atoms with E-state index in [2.05, 4.69) is 189 Å². The normalized spacial score (nSPS) is 16.8. The average Bonchev–Trinajstić information content (AvgIpc) is 3.22. The Morgan fingerprint density at radius 1 is 0.460 bits per heavy atom. The van der Waals surface area contributed by atoms with Crippen molar-refractivity contribution < 1.29 is 0 Å². The molecule has 1 atom stereocenters. The zero-order valence-corrected chi connectivity index (χ0v) is 27.8. The van der Waals surface area contributed by atoms with Crippen LogP contribution in [0.3, 0.4) is 0 Å². The van der Waals surface area contributed by atoms with E-state index >= 15 is 0 Å². The van der Waals surface area contributed by atoms with Gasteiger partial charge in [-0.3, -0.25) is 0 Å². The maximum atomic E-state index is 5.11. The summed E-state index contributed by atoms with van der Waals surface area (Å²) < 4.78 is 0. The summed E-state index contributed by atoms with van der Waals surface area (Å²) in [5.41, 5.74) is 12.6. The molecule has 6 aromatic carbocycles. The van der Waals surface area contributed by atoms with E-state index in [9.17, 15) is 0 Å². The molecule has 0 saturated heterocycles. The Balaban J connectivity index is 1.33. The molecule has 0 aliphatic heterocycles. The first kappa shape index (κ1) is 30.9. The summed E-state index contributed by atoms with van der Waals surface area (Å²) in [6, 6.07) is 60.0. The van der Waals surface area contributed by atoms with Gasteiger partial charge in [-0.1, -0.05) is 195 Å². The second-order valence-corrected chi connectivity index (χ2v) is 12.7. The van der Waals surface area contributed by atoms with E-state index in [4.69, 9.17) is 9.97 Å². The van der Waals surface area contributed by atoms with Crippen molar-refractivity contribution in [3.8, 4) is 45.0 Å². The number of benzene rings is 6. The molecule has 0 fully saturated rings. The number of allylic oxidation sites excluding steroid dienone is 5. The lowest BCUT2D eigenvalue weighted by Gasteiger charge is -2.37. The summed E-state index contributed by atoms with van der Waals surface area (Å²) in [6.07, 6.45) is 9.42. The molecule has 2 nitrogen and oxygen atoms in total. The third-order valence-corrected chi connectivity index (χ3v) is 9.69. The van der Waals surface area contributed by atoms with Gasteiger partial charge in [-0.2, -0.15) is 0 Å². The predicted molar refractivity (Wildman–Crippen MR) is 208 cm³/mol. The Bertz CT molecular complexity index is 2280. The number of nitrogens with zero attached hydrogens (tertiary/aromatic N) is 2. The minimum Gasteiger partial charge on any atom is -0.228 e. The molecule has 50 heavy (non-hydrogen) atoms. The molecule has 1 heterocycles. The van der Waals surface area contributed by atoms with E-state index in [1.54, 1.807) is 0 Å². The molecule has 1 aliphatic carbocycles. The van der Waals surface area contributed by atoms with Crippen LogP contribution in [0, 0.1) is 0 Å². The largest absolute Gasteiger partial charge is 0.228 e. The second-order valence-electron chi connectivity index (χ2n) is 12.7. The van der Waals surface area contributed by atoms with E-state index in [0.717, 1.165) is 45.6 Å². The average molecular weight is 641 g/mol. The molecule has 8 rings (SSSR count). The molecule has 0 amide bonds. The summed E-state index contributed by atoms with van der Waals surface area (Å²) in [4.78, 5) is 10.2. The van der Waals surface area contributed by atoms with E-state index in [0.29, 0.717) is 5.82 Å². The van der Waals surface area contributed by atoms with Crippen molar-refractivity contribution >= 4 is 5.57 Å². The first-order valence-corrected chi connectivity index (χ1v) is 17.1. The Morgan fingerprint density at radius 2 is 0.980 bits per heavy atom. The first-order valence-electron chi connectivity index (χ1n) is 17.1. The van der Waals surface area contributed by atoms with Crippen molar-refractivity contribution in [2.24, 2.45) is 0 Å². The van der Waals surface area contributed by atoms with Gasteiger partial charge in [0, 0.05) is 22.1 Å². The minimum absolute atomic E-state index is 0.485. The van der Waals surface area contributed by atoms with Crippen LogP contribution in [0.15, 0.2) is 201 Å². The third kappa shape index (κ3) is 5.82. The molecule has 238 valence electrons. The highest BCUT2D eigenvalue weighted by Gasteiger charge is 2.37. The summed E-state index contributed by atoms with van der Waals surface area (Å²) in [6.45, 7) is 4.44. The summed E-state index contributed by atoms with van der Waals surface area (Å²) >= 11 is 0. The zero-order valence-electron chi connectivity index (χ0n) is 27.8. The molecular formula is C48H36N2. The van der Waals surface area contributed by atoms with Crippen LogP contribution in [0.1, 0.15) is 28.7 Å². The van der Waals surface area contributed by atoms with Crippen LogP contribution in [0.5, 0.6) is 0 Å². The molecule has 0 radical (unpaired) electrons. The SMILES string of the molecule is C=C1/C=C\C=C/CC(c2ccccc2)(c2ccc(-c3nc(-c4ccccc4)cc(-c4ccccc4)n3)cc2)c2ccccc2-c2ccccc21. The number of fused-ring (bicyclic) bond motifs is 3. The van der Waals surface area contributed by atoms with Crippen molar-refractivity contribution in [3.05, 3.63) is 223 Å². The van der Waals surface area contributed by atoms with Crippen molar-refractivity contribution in [3.63, 3.8) is 0 Å². The van der Waals surface area contributed by atoms with Gasteiger partial charge < -0.3 is 0 Å². The van der Waals surface area contributed by atoms with E-state index < -0.39 is 5.41 Å². The van der Waals surface area contributed by atoms with Gasteiger partial charge in [0.25, 0.3) is 0 Å². The molecule has 1 unspecified atom stereocenters. The fraction of sp³-hybridized carbons (Fsp3) is 0.0417. The lowest BCUT2D eigenvalue weighted by atomic mass is 9.65. The van der Waals surface area contributed by atoms with Crippen LogP contribution in [-0.2, 0) is 5.41 Å². The van der Waals surface area contributed by atoms with Crippen molar-refractivity contribution in [2.45, 2.75) is 11.8 Å². The molecule has 7 aromatic rings. The Kier molecular flexibility index (Phi) is 8.42. The van der Waals surface area contributed by atoms with Gasteiger partial charge in [-0.15, -0.1) is 0 Å². The summed E-state index contributed by atoms with van der Waals surface area (Å²) in [5.74, 6) is 0.700. The molecule has 2 heteroatoms. The van der Waals surface area contributed by atoms with Crippen molar-refractivity contribution in [1.29, 1.82) is 0 Å². The minimum atomic E-state index is -0.485. The van der Waals surface area contributed by atoms with Gasteiger partial charge in [0.05, 0.1) is 11.4 Å². The first-order chi connectivity index (χ1) is 24.7. The van der Waals surface area contributed by atoms with Crippen molar-refractivity contribution in [2.75, 3.05) is 0 Å². The molecule has 0 saturated carbocycles. The Hall–Kier alpha value is -6.38. The van der Waals surface area contributed by atoms with E-state index in [-0.39, 0.29) is 0 Å². The molecule has 1 aliphatic rings. The summed E-state index contributed by atoms with van der Waals surface area (Å²) in [7, 11) is 0.